The van der Waals surface area contributed by atoms with Crippen LogP contribution in [-0.4, -0.2) is 12.7 Å². The second-order valence-electron chi connectivity index (χ2n) is 4.01. The summed E-state index contributed by atoms with van der Waals surface area (Å²) < 4.78 is 26.2. The number of fused-ring (bicyclic) bond motifs is 1. The minimum atomic E-state index is -3.34. The van der Waals surface area contributed by atoms with Crippen molar-refractivity contribution in [2.45, 2.75) is 18.0 Å². The highest BCUT2D eigenvalue weighted by Crippen LogP contribution is 2.30. The van der Waals surface area contributed by atoms with Crippen LogP contribution in [0, 0.1) is 0 Å². The molecule has 0 atom stereocenters. The molecule has 1 aliphatic rings. The van der Waals surface area contributed by atoms with Gasteiger partial charge in [-0.25, -0.2) is 8.42 Å². The van der Waals surface area contributed by atoms with Crippen molar-refractivity contribution >= 4 is 21.4 Å². The molecule has 3 nitrogen and oxygen atoms in total. The predicted octanol–water partition coefficient (Wildman–Crippen LogP) is 2.45. The van der Waals surface area contributed by atoms with E-state index < -0.39 is 10.0 Å². The first-order valence-corrected chi connectivity index (χ1v) is 7.65. The van der Waals surface area contributed by atoms with Crippen molar-refractivity contribution < 1.29 is 8.42 Å². The molecule has 3 rings (SSSR count). The SMILES string of the molecule is O=S(=O)(c1ccccc1)N1Cc2cscc2C1. The van der Waals surface area contributed by atoms with E-state index in [1.165, 1.54) is 4.31 Å². The molecule has 1 aromatic heterocycles. The van der Waals surface area contributed by atoms with Gasteiger partial charge in [-0.2, -0.15) is 15.6 Å². The second kappa shape index (κ2) is 3.94. The van der Waals surface area contributed by atoms with Crippen LogP contribution >= 0.6 is 11.3 Å². The van der Waals surface area contributed by atoms with Gasteiger partial charge >= 0.3 is 0 Å². The topological polar surface area (TPSA) is 37.4 Å². The van der Waals surface area contributed by atoms with Gasteiger partial charge in [0, 0.05) is 13.1 Å². The number of benzene rings is 1. The Bertz CT molecular complexity index is 611. The van der Waals surface area contributed by atoms with Gasteiger partial charge in [0.2, 0.25) is 10.0 Å². The van der Waals surface area contributed by atoms with Gasteiger partial charge in [0.25, 0.3) is 0 Å². The number of rotatable bonds is 2. The van der Waals surface area contributed by atoms with Crippen molar-refractivity contribution in [3.63, 3.8) is 0 Å². The fraction of sp³-hybridized carbons (Fsp3) is 0.167. The van der Waals surface area contributed by atoms with Gasteiger partial charge in [-0.15, -0.1) is 0 Å². The van der Waals surface area contributed by atoms with E-state index in [4.69, 9.17) is 0 Å². The molecule has 0 aliphatic carbocycles. The third-order valence-corrected chi connectivity index (χ3v) is 5.55. The Hall–Kier alpha value is -1.17. The molecule has 0 N–H and O–H groups in total. The largest absolute Gasteiger partial charge is 0.243 e. The van der Waals surface area contributed by atoms with Crippen LogP contribution in [0.15, 0.2) is 46.0 Å². The lowest BCUT2D eigenvalue weighted by molar-refractivity contribution is 0.431. The van der Waals surface area contributed by atoms with Crippen molar-refractivity contribution in [3.05, 3.63) is 52.2 Å². The molecule has 1 aliphatic heterocycles. The lowest BCUT2D eigenvalue weighted by atomic mass is 10.2. The van der Waals surface area contributed by atoms with E-state index in [-0.39, 0.29) is 0 Å². The molecule has 0 radical (unpaired) electrons. The van der Waals surface area contributed by atoms with Gasteiger partial charge in [-0.05, 0) is 34.0 Å². The molecule has 1 aromatic carbocycles. The summed E-state index contributed by atoms with van der Waals surface area (Å²) in [5.41, 5.74) is 2.27. The second-order valence-corrected chi connectivity index (χ2v) is 6.69. The highest BCUT2D eigenvalue weighted by Gasteiger charge is 2.30. The summed E-state index contributed by atoms with van der Waals surface area (Å²) in [5.74, 6) is 0. The van der Waals surface area contributed by atoms with E-state index >= 15 is 0 Å². The quantitative estimate of drug-likeness (QED) is 0.836. The highest BCUT2D eigenvalue weighted by atomic mass is 32.2. The van der Waals surface area contributed by atoms with Crippen LogP contribution in [0.1, 0.15) is 11.1 Å². The number of thiophene rings is 1. The van der Waals surface area contributed by atoms with Crippen LogP contribution in [0.3, 0.4) is 0 Å². The van der Waals surface area contributed by atoms with Crippen molar-refractivity contribution in [1.82, 2.24) is 4.31 Å². The Balaban J connectivity index is 1.94. The van der Waals surface area contributed by atoms with Gasteiger partial charge in [0.05, 0.1) is 4.90 Å². The molecule has 0 saturated heterocycles. The summed E-state index contributed by atoms with van der Waals surface area (Å²) in [5, 5.41) is 4.05. The molecule has 17 heavy (non-hydrogen) atoms. The van der Waals surface area contributed by atoms with Crippen LogP contribution in [0.5, 0.6) is 0 Å². The molecular formula is C12H11NO2S2. The number of hydrogen-bond acceptors (Lipinski definition) is 3. The van der Waals surface area contributed by atoms with E-state index in [1.54, 1.807) is 35.6 Å². The smallest absolute Gasteiger partial charge is 0.207 e. The maximum Gasteiger partial charge on any atom is 0.243 e. The molecule has 5 heteroatoms. The van der Waals surface area contributed by atoms with E-state index in [0.717, 1.165) is 11.1 Å². The number of hydrogen-bond donors (Lipinski definition) is 0. The fourth-order valence-electron chi connectivity index (χ4n) is 1.97. The molecule has 0 amide bonds. The maximum absolute atomic E-state index is 12.3. The lowest BCUT2D eigenvalue weighted by Crippen LogP contribution is -2.25. The van der Waals surface area contributed by atoms with E-state index in [1.807, 2.05) is 16.8 Å². The van der Waals surface area contributed by atoms with Gasteiger partial charge in [0.1, 0.15) is 0 Å². The Kier molecular flexibility index (Phi) is 2.54. The molecule has 2 heterocycles. The molecular weight excluding hydrogens is 254 g/mol. The summed E-state index contributed by atoms with van der Waals surface area (Å²) in [6.45, 7) is 0.992. The summed E-state index contributed by atoms with van der Waals surface area (Å²) in [6, 6.07) is 8.59. The first-order valence-electron chi connectivity index (χ1n) is 5.27. The molecule has 0 spiro atoms. The molecule has 0 fully saturated rings. The molecule has 0 saturated carbocycles. The summed E-state index contributed by atoms with van der Waals surface area (Å²) >= 11 is 1.63. The Morgan fingerprint density at radius 3 is 2.18 bits per heavy atom. The highest BCUT2D eigenvalue weighted by molar-refractivity contribution is 7.89. The number of sulfonamides is 1. The van der Waals surface area contributed by atoms with Crippen molar-refractivity contribution in [2.24, 2.45) is 0 Å². The minimum Gasteiger partial charge on any atom is -0.207 e. The molecule has 0 unspecified atom stereocenters. The van der Waals surface area contributed by atoms with Crippen LogP contribution in [0.25, 0.3) is 0 Å². The third-order valence-electron chi connectivity index (χ3n) is 2.91. The maximum atomic E-state index is 12.3. The number of nitrogens with zero attached hydrogens (tertiary/aromatic N) is 1. The van der Waals surface area contributed by atoms with Crippen LogP contribution in [-0.2, 0) is 23.1 Å². The monoisotopic (exact) mass is 265 g/mol. The van der Waals surface area contributed by atoms with Gasteiger partial charge in [0.15, 0.2) is 0 Å². The minimum absolute atomic E-state index is 0.369. The van der Waals surface area contributed by atoms with Crippen LogP contribution in [0.4, 0.5) is 0 Å². The Labute approximate surface area is 104 Å². The van der Waals surface area contributed by atoms with Crippen molar-refractivity contribution in [3.8, 4) is 0 Å². The average Bonchev–Trinajstić information content (AvgIpc) is 2.90. The van der Waals surface area contributed by atoms with Crippen LogP contribution < -0.4 is 0 Å². The first kappa shape index (κ1) is 11.0. The van der Waals surface area contributed by atoms with E-state index in [0.29, 0.717) is 18.0 Å². The van der Waals surface area contributed by atoms with Gasteiger partial charge < -0.3 is 0 Å². The van der Waals surface area contributed by atoms with E-state index in [9.17, 15) is 8.42 Å². The Morgan fingerprint density at radius 1 is 1.00 bits per heavy atom. The summed E-state index contributed by atoms with van der Waals surface area (Å²) in [7, 11) is -3.34. The zero-order valence-corrected chi connectivity index (χ0v) is 10.7. The first-order chi connectivity index (χ1) is 8.18. The third kappa shape index (κ3) is 1.80. The summed E-state index contributed by atoms with van der Waals surface area (Å²) in [6.07, 6.45) is 0. The standard InChI is InChI=1S/C12H11NO2S2/c14-17(15,12-4-2-1-3-5-12)13-6-10-8-16-9-11(10)7-13/h1-5,8-9H,6-7H2. The summed E-state index contributed by atoms with van der Waals surface area (Å²) in [4.78, 5) is 0.369. The molecule has 2 aromatic rings. The Morgan fingerprint density at radius 2 is 1.59 bits per heavy atom. The average molecular weight is 265 g/mol. The zero-order chi connectivity index (χ0) is 11.9. The van der Waals surface area contributed by atoms with E-state index in [2.05, 4.69) is 0 Å². The van der Waals surface area contributed by atoms with Crippen molar-refractivity contribution in [2.75, 3.05) is 0 Å². The fourth-order valence-corrected chi connectivity index (χ4v) is 4.24. The van der Waals surface area contributed by atoms with Crippen LogP contribution in [0.2, 0.25) is 0 Å². The normalized spacial score (nSPS) is 16.0. The predicted molar refractivity (Wildman–Crippen MR) is 67.2 cm³/mol. The molecule has 0 bridgehead atoms. The van der Waals surface area contributed by atoms with Gasteiger partial charge in [-0.1, -0.05) is 18.2 Å². The lowest BCUT2D eigenvalue weighted by Gasteiger charge is -2.15. The van der Waals surface area contributed by atoms with Gasteiger partial charge in [-0.3, -0.25) is 0 Å². The zero-order valence-electron chi connectivity index (χ0n) is 9.04. The molecule has 88 valence electrons. The van der Waals surface area contributed by atoms with Crippen molar-refractivity contribution in [1.29, 1.82) is 0 Å².